The topological polar surface area (TPSA) is 187 Å². The minimum atomic E-state index is -2.09. The third-order valence-electron chi connectivity index (χ3n) is 9.32. The Morgan fingerprint density at radius 3 is 2.17 bits per heavy atom. The summed E-state index contributed by atoms with van der Waals surface area (Å²) >= 11 is 0. The molecule has 3 fully saturated rings. The first-order valence-electron chi connectivity index (χ1n) is 14.8. The van der Waals surface area contributed by atoms with Gasteiger partial charge in [0.1, 0.15) is 36.6 Å². The van der Waals surface area contributed by atoms with E-state index in [-0.39, 0.29) is 24.0 Å². The SMILES string of the molecule is CC(=O)OCC12C(OC(C)=O)CCC(C)(O)C13OC(C)(C)C(C(OC(C)=O)C2OC(=O)c1ccoc1)C3OC(=O)c1cccnc1. The lowest BCUT2D eigenvalue weighted by atomic mass is 9.46. The van der Waals surface area contributed by atoms with E-state index in [0.29, 0.717) is 0 Å². The van der Waals surface area contributed by atoms with Crippen molar-refractivity contribution in [3.05, 3.63) is 54.2 Å². The fourth-order valence-corrected chi connectivity index (χ4v) is 7.73. The van der Waals surface area contributed by atoms with Crippen LogP contribution < -0.4 is 0 Å². The van der Waals surface area contributed by atoms with Gasteiger partial charge in [0.05, 0.1) is 34.5 Å². The molecule has 8 atom stereocenters. The Labute approximate surface area is 264 Å². The molecule has 46 heavy (non-hydrogen) atoms. The zero-order valence-corrected chi connectivity index (χ0v) is 26.3. The van der Waals surface area contributed by atoms with E-state index < -0.39 is 89.0 Å². The molecule has 3 heterocycles. The number of pyridine rings is 1. The predicted molar refractivity (Wildman–Crippen MR) is 153 cm³/mol. The largest absolute Gasteiger partial charge is 0.472 e. The Hall–Kier alpha value is -4.30. The number of ether oxygens (including phenoxy) is 6. The second kappa shape index (κ2) is 11.8. The van der Waals surface area contributed by atoms with Gasteiger partial charge in [0.25, 0.3) is 0 Å². The van der Waals surface area contributed by atoms with Crippen molar-refractivity contribution in [3.63, 3.8) is 0 Å². The summed E-state index contributed by atoms with van der Waals surface area (Å²) < 4.78 is 41.8. The zero-order valence-electron chi connectivity index (χ0n) is 26.3. The van der Waals surface area contributed by atoms with E-state index in [1.54, 1.807) is 13.8 Å². The molecule has 5 rings (SSSR count). The first-order valence-corrected chi connectivity index (χ1v) is 14.8. The molecule has 0 radical (unpaired) electrons. The molecule has 1 saturated heterocycles. The van der Waals surface area contributed by atoms with E-state index in [9.17, 15) is 29.1 Å². The summed E-state index contributed by atoms with van der Waals surface area (Å²) in [7, 11) is 0. The average molecular weight is 644 g/mol. The summed E-state index contributed by atoms with van der Waals surface area (Å²) in [5.41, 5.74) is -7.29. The maximum absolute atomic E-state index is 13.7. The highest BCUT2D eigenvalue weighted by atomic mass is 16.6. The van der Waals surface area contributed by atoms with Crippen molar-refractivity contribution in [3.8, 4) is 0 Å². The number of fused-ring (bicyclic) bond motifs is 1. The van der Waals surface area contributed by atoms with Gasteiger partial charge in [0, 0.05) is 33.2 Å². The van der Waals surface area contributed by atoms with Crippen molar-refractivity contribution in [1.29, 1.82) is 0 Å². The molecule has 0 amide bonds. The Kier molecular flexibility index (Phi) is 8.49. The van der Waals surface area contributed by atoms with E-state index in [1.807, 2.05) is 0 Å². The highest BCUT2D eigenvalue weighted by Crippen LogP contribution is 2.69. The maximum atomic E-state index is 13.7. The van der Waals surface area contributed by atoms with Crippen molar-refractivity contribution < 1.29 is 61.9 Å². The van der Waals surface area contributed by atoms with Crippen LogP contribution in [0.25, 0.3) is 0 Å². The molecule has 3 aliphatic rings. The number of hydrogen-bond donors (Lipinski definition) is 1. The third kappa shape index (κ3) is 5.22. The molecule has 2 aromatic rings. The molecule has 248 valence electrons. The number of furan rings is 1. The van der Waals surface area contributed by atoms with Gasteiger partial charge in [-0.3, -0.25) is 19.4 Å². The van der Waals surface area contributed by atoms with Crippen LogP contribution in [-0.4, -0.2) is 87.8 Å². The van der Waals surface area contributed by atoms with Gasteiger partial charge in [0.15, 0.2) is 11.7 Å². The monoisotopic (exact) mass is 643 g/mol. The number of aliphatic hydroxyl groups is 1. The summed E-state index contributed by atoms with van der Waals surface area (Å²) in [5.74, 6) is -5.11. The second-order valence-electron chi connectivity index (χ2n) is 12.7. The fourth-order valence-electron chi connectivity index (χ4n) is 7.73. The fraction of sp³-hybridized carbons (Fsp3) is 0.562. The highest BCUT2D eigenvalue weighted by Gasteiger charge is 2.87. The Morgan fingerprint density at radius 1 is 0.913 bits per heavy atom. The van der Waals surface area contributed by atoms with Gasteiger partial charge < -0.3 is 37.9 Å². The molecule has 2 aromatic heterocycles. The van der Waals surface area contributed by atoms with Crippen LogP contribution in [0.2, 0.25) is 0 Å². The van der Waals surface area contributed by atoms with Crippen LogP contribution in [0.3, 0.4) is 0 Å². The van der Waals surface area contributed by atoms with Crippen molar-refractivity contribution in [2.75, 3.05) is 6.61 Å². The predicted octanol–water partition coefficient (Wildman–Crippen LogP) is 2.56. The first-order chi connectivity index (χ1) is 21.6. The molecule has 2 aliphatic carbocycles. The Bertz CT molecular complexity index is 1500. The van der Waals surface area contributed by atoms with Crippen LogP contribution in [0.5, 0.6) is 0 Å². The van der Waals surface area contributed by atoms with Crippen molar-refractivity contribution in [1.82, 2.24) is 4.98 Å². The Balaban J connectivity index is 1.83. The summed E-state index contributed by atoms with van der Waals surface area (Å²) in [6.45, 7) is 7.55. The number of carbonyl (C=O) groups is 5. The molecule has 14 nitrogen and oxygen atoms in total. The molecule has 1 aliphatic heterocycles. The van der Waals surface area contributed by atoms with Crippen molar-refractivity contribution in [2.45, 2.75) is 95.6 Å². The van der Waals surface area contributed by atoms with E-state index >= 15 is 0 Å². The van der Waals surface area contributed by atoms with Crippen LogP contribution in [0.1, 0.15) is 75.1 Å². The molecule has 2 saturated carbocycles. The van der Waals surface area contributed by atoms with Gasteiger partial charge in [-0.25, -0.2) is 9.59 Å². The van der Waals surface area contributed by atoms with Gasteiger partial charge in [-0.05, 0) is 51.8 Å². The molecule has 2 bridgehead atoms. The van der Waals surface area contributed by atoms with Crippen LogP contribution in [0.15, 0.2) is 47.5 Å². The van der Waals surface area contributed by atoms with Gasteiger partial charge >= 0.3 is 29.8 Å². The highest BCUT2D eigenvalue weighted by molar-refractivity contribution is 5.90. The van der Waals surface area contributed by atoms with Gasteiger partial charge in [0.2, 0.25) is 0 Å². The lowest BCUT2D eigenvalue weighted by Crippen LogP contribution is -2.83. The first kappa shape index (κ1) is 33.1. The number of hydrogen-bond acceptors (Lipinski definition) is 14. The summed E-state index contributed by atoms with van der Waals surface area (Å²) in [4.78, 5) is 69.2. The van der Waals surface area contributed by atoms with E-state index in [2.05, 4.69) is 4.98 Å². The van der Waals surface area contributed by atoms with E-state index in [4.69, 9.17) is 32.8 Å². The molecular formula is C32H37NO13. The number of nitrogens with zero attached hydrogens (tertiary/aromatic N) is 1. The molecular weight excluding hydrogens is 606 g/mol. The molecule has 1 spiro atoms. The molecule has 14 heteroatoms. The molecule has 0 aromatic carbocycles. The van der Waals surface area contributed by atoms with Crippen LogP contribution in [-0.2, 0) is 42.8 Å². The van der Waals surface area contributed by atoms with Crippen LogP contribution >= 0.6 is 0 Å². The lowest BCUT2D eigenvalue weighted by Gasteiger charge is -2.65. The number of carbonyl (C=O) groups excluding carboxylic acids is 5. The van der Waals surface area contributed by atoms with Crippen LogP contribution in [0.4, 0.5) is 0 Å². The smallest absolute Gasteiger partial charge is 0.341 e. The zero-order chi connectivity index (χ0) is 33.7. The minimum Gasteiger partial charge on any atom is -0.472 e. The quantitative estimate of drug-likeness (QED) is 0.327. The molecule has 8 unspecified atom stereocenters. The third-order valence-corrected chi connectivity index (χ3v) is 9.32. The van der Waals surface area contributed by atoms with E-state index in [1.165, 1.54) is 50.7 Å². The lowest BCUT2D eigenvalue weighted by molar-refractivity contribution is -0.347. The minimum absolute atomic E-state index is 0.00233. The van der Waals surface area contributed by atoms with Gasteiger partial charge in [-0.2, -0.15) is 0 Å². The number of esters is 5. The standard InChI is InChI=1S/C32H37NO13/c1-17(34)41-16-31-22(42-18(2)35)9-11-30(6,39)32(31)25(44-27(37)20-8-7-12-33-14-20)23(29(4,5)46-32)24(43-19(3)36)26(31)45-28(38)21-10-13-40-15-21/h7-8,10,12-15,22-26,39H,9,11,16H2,1-6H3. The molecule has 1 N–H and O–H groups in total. The van der Waals surface area contributed by atoms with Gasteiger partial charge in [-0.1, -0.05) is 0 Å². The summed E-state index contributed by atoms with van der Waals surface area (Å²) in [6, 6.07) is 4.38. The average Bonchev–Trinajstić information content (AvgIpc) is 3.57. The van der Waals surface area contributed by atoms with Gasteiger partial charge in [-0.15, -0.1) is 0 Å². The summed E-state index contributed by atoms with van der Waals surface area (Å²) in [5, 5.41) is 12.4. The normalized spacial score (nSPS) is 34.0. The second-order valence-corrected chi connectivity index (χ2v) is 12.7. The Morgan fingerprint density at radius 2 is 1.59 bits per heavy atom. The van der Waals surface area contributed by atoms with Crippen LogP contribution in [0, 0.1) is 11.3 Å². The van der Waals surface area contributed by atoms with E-state index in [0.717, 1.165) is 20.1 Å². The maximum Gasteiger partial charge on any atom is 0.341 e. The number of rotatable bonds is 8. The van der Waals surface area contributed by atoms with Crippen molar-refractivity contribution >= 4 is 29.8 Å². The summed E-state index contributed by atoms with van der Waals surface area (Å²) in [6.07, 6.45) is -0.641. The van der Waals surface area contributed by atoms with Crippen molar-refractivity contribution in [2.24, 2.45) is 11.3 Å². The number of aromatic nitrogens is 1.